The molecule has 1 aliphatic carbocycles. The summed E-state index contributed by atoms with van der Waals surface area (Å²) in [6, 6.07) is 16.2. The zero-order valence-corrected chi connectivity index (χ0v) is 17.6. The molecule has 0 saturated heterocycles. The Balaban J connectivity index is 1.36. The van der Waals surface area contributed by atoms with Gasteiger partial charge in [-0.05, 0) is 22.3 Å². The topological polar surface area (TPSA) is 125 Å². The van der Waals surface area contributed by atoms with Gasteiger partial charge in [-0.1, -0.05) is 48.5 Å². The summed E-state index contributed by atoms with van der Waals surface area (Å²) in [5.74, 6) is -1.19. The summed E-state index contributed by atoms with van der Waals surface area (Å²) in [6.07, 6.45) is -2.14. The Hall–Kier alpha value is -3.04. The number of amides is 2. The van der Waals surface area contributed by atoms with Crippen LogP contribution in [0.3, 0.4) is 0 Å². The summed E-state index contributed by atoms with van der Waals surface area (Å²) in [6.45, 7) is 0.223. The van der Waals surface area contributed by atoms with Crippen LogP contribution in [0.2, 0.25) is 0 Å². The van der Waals surface area contributed by atoms with E-state index in [1.807, 2.05) is 24.3 Å². The molecule has 2 amide bonds. The van der Waals surface area contributed by atoms with Crippen LogP contribution < -0.4 is 10.6 Å². The van der Waals surface area contributed by atoms with E-state index in [0.29, 0.717) is 12.3 Å². The molecular formula is C22H24N2O6S. The van der Waals surface area contributed by atoms with Crippen molar-refractivity contribution in [2.75, 3.05) is 31.2 Å². The maximum Gasteiger partial charge on any atom is 0.407 e. The molecule has 3 rings (SSSR count). The fraction of sp³-hybridized carbons (Fsp3) is 0.318. The highest BCUT2D eigenvalue weighted by Gasteiger charge is 2.28. The third kappa shape index (κ3) is 5.99. The van der Waals surface area contributed by atoms with Crippen molar-refractivity contribution in [1.29, 1.82) is 0 Å². The average molecular weight is 445 g/mol. The van der Waals surface area contributed by atoms with Gasteiger partial charge in [0.25, 0.3) is 0 Å². The van der Waals surface area contributed by atoms with Gasteiger partial charge < -0.3 is 25.6 Å². The summed E-state index contributed by atoms with van der Waals surface area (Å²) in [5.41, 5.74) is 4.62. The molecule has 0 bridgehead atoms. The molecule has 1 atom stereocenters. The second-order valence-corrected chi connectivity index (χ2v) is 8.07. The predicted molar refractivity (Wildman–Crippen MR) is 117 cm³/mol. The summed E-state index contributed by atoms with van der Waals surface area (Å²) in [7, 11) is 0. The molecule has 0 fully saturated rings. The van der Waals surface area contributed by atoms with E-state index in [1.54, 1.807) is 0 Å². The Morgan fingerprint density at radius 2 is 1.61 bits per heavy atom. The van der Waals surface area contributed by atoms with E-state index in [9.17, 15) is 14.4 Å². The number of carbonyl (C=O) groups excluding carboxylic acids is 2. The van der Waals surface area contributed by atoms with Gasteiger partial charge in [-0.25, -0.2) is 9.59 Å². The number of carboxylic acid groups (broad SMARTS) is 1. The van der Waals surface area contributed by atoms with Crippen molar-refractivity contribution in [3.8, 4) is 11.1 Å². The third-order valence-corrected chi connectivity index (χ3v) is 5.83. The number of carboxylic acids is 1. The molecule has 0 spiro atoms. The van der Waals surface area contributed by atoms with Crippen molar-refractivity contribution >= 4 is 29.7 Å². The van der Waals surface area contributed by atoms with Crippen LogP contribution in [0.1, 0.15) is 17.0 Å². The minimum Gasteiger partial charge on any atom is -0.479 e. The Bertz CT molecular complexity index is 906. The van der Waals surface area contributed by atoms with Crippen LogP contribution in [-0.2, 0) is 14.3 Å². The molecule has 164 valence electrons. The molecule has 1 aliphatic rings. The second kappa shape index (κ2) is 10.8. The molecule has 0 aliphatic heterocycles. The lowest BCUT2D eigenvalue weighted by Crippen LogP contribution is -2.37. The lowest BCUT2D eigenvalue weighted by molar-refractivity contribution is -0.146. The van der Waals surface area contributed by atoms with Crippen molar-refractivity contribution in [3.63, 3.8) is 0 Å². The molecule has 2 aromatic rings. The quantitative estimate of drug-likeness (QED) is 0.412. The molecule has 9 heteroatoms. The third-order valence-electron chi connectivity index (χ3n) is 4.87. The SMILES string of the molecule is O=C(CSCCNC(=O)OCC1c2ccccc2-c2ccccc21)NCC(O)C(=O)O. The first-order chi connectivity index (χ1) is 15.0. The van der Waals surface area contributed by atoms with Gasteiger partial charge in [0.15, 0.2) is 6.10 Å². The fourth-order valence-electron chi connectivity index (χ4n) is 3.39. The Kier molecular flexibility index (Phi) is 7.91. The van der Waals surface area contributed by atoms with Crippen molar-refractivity contribution in [1.82, 2.24) is 10.6 Å². The van der Waals surface area contributed by atoms with Gasteiger partial charge in [-0.15, -0.1) is 0 Å². The molecule has 8 nitrogen and oxygen atoms in total. The minimum absolute atomic E-state index is 0.00243. The predicted octanol–water partition coefficient (Wildman–Crippen LogP) is 1.82. The minimum atomic E-state index is -1.62. The fourth-order valence-corrected chi connectivity index (χ4v) is 4.07. The van der Waals surface area contributed by atoms with E-state index in [0.717, 1.165) is 22.3 Å². The zero-order valence-electron chi connectivity index (χ0n) is 16.7. The van der Waals surface area contributed by atoms with Crippen molar-refractivity contribution < 1.29 is 29.3 Å². The van der Waals surface area contributed by atoms with Crippen LogP contribution in [0.5, 0.6) is 0 Å². The van der Waals surface area contributed by atoms with Gasteiger partial charge in [-0.3, -0.25) is 4.79 Å². The van der Waals surface area contributed by atoms with Crippen molar-refractivity contribution in [2.24, 2.45) is 0 Å². The van der Waals surface area contributed by atoms with Gasteiger partial charge in [-0.2, -0.15) is 11.8 Å². The van der Waals surface area contributed by atoms with Crippen molar-refractivity contribution in [3.05, 3.63) is 59.7 Å². The number of aliphatic carboxylic acids is 1. The molecule has 0 radical (unpaired) electrons. The average Bonchev–Trinajstić information content (AvgIpc) is 3.09. The number of rotatable bonds is 10. The molecule has 0 heterocycles. The first-order valence-corrected chi connectivity index (χ1v) is 11.0. The van der Waals surface area contributed by atoms with Gasteiger partial charge in [0.2, 0.25) is 5.91 Å². The Labute approximate surface area is 184 Å². The number of nitrogens with one attached hydrogen (secondary N) is 2. The van der Waals surface area contributed by atoms with E-state index in [1.165, 1.54) is 11.8 Å². The number of fused-ring (bicyclic) bond motifs is 3. The van der Waals surface area contributed by atoms with E-state index in [4.69, 9.17) is 14.9 Å². The van der Waals surface area contributed by atoms with Crippen LogP contribution in [0.15, 0.2) is 48.5 Å². The van der Waals surface area contributed by atoms with Crippen LogP contribution in [0.4, 0.5) is 4.79 Å². The normalized spacial score (nSPS) is 13.1. The highest BCUT2D eigenvalue weighted by molar-refractivity contribution is 7.99. The number of alkyl carbamates (subject to hydrolysis) is 1. The molecule has 31 heavy (non-hydrogen) atoms. The number of ether oxygens (including phenoxy) is 1. The summed E-state index contributed by atoms with van der Waals surface area (Å²) in [4.78, 5) is 34.1. The molecule has 1 unspecified atom stereocenters. The largest absolute Gasteiger partial charge is 0.479 e. The maximum atomic E-state index is 12.1. The van der Waals surface area contributed by atoms with E-state index < -0.39 is 18.2 Å². The highest BCUT2D eigenvalue weighted by atomic mass is 32.2. The van der Waals surface area contributed by atoms with Crippen LogP contribution >= 0.6 is 11.8 Å². The number of carbonyl (C=O) groups is 3. The second-order valence-electron chi connectivity index (χ2n) is 6.96. The molecule has 0 aromatic heterocycles. The summed E-state index contributed by atoms with van der Waals surface area (Å²) < 4.78 is 5.43. The van der Waals surface area contributed by atoms with Crippen LogP contribution in [0.25, 0.3) is 11.1 Å². The van der Waals surface area contributed by atoms with Gasteiger partial charge in [0, 0.05) is 18.2 Å². The van der Waals surface area contributed by atoms with Gasteiger partial charge >= 0.3 is 12.1 Å². The lowest BCUT2D eigenvalue weighted by atomic mass is 9.98. The zero-order chi connectivity index (χ0) is 22.2. The Morgan fingerprint density at radius 1 is 1.00 bits per heavy atom. The number of hydrogen-bond acceptors (Lipinski definition) is 6. The standard InChI is InChI=1S/C22H24N2O6S/c25-19(21(27)28)11-24-20(26)13-31-10-9-23-22(29)30-12-18-16-7-3-1-5-14(16)15-6-2-4-8-17(15)18/h1-8,18-19,25H,9-13H2,(H,23,29)(H,24,26)(H,27,28). The van der Waals surface area contributed by atoms with E-state index >= 15 is 0 Å². The van der Waals surface area contributed by atoms with Gasteiger partial charge in [0.1, 0.15) is 6.61 Å². The highest BCUT2D eigenvalue weighted by Crippen LogP contribution is 2.44. The number of aliphatic hydroxyl groups is 1. The van der Waals surface area contributed by atoms with E-state index in [-0.39, 0.29) is 30.7 Å². The van der Waals surface area contributed by atoms with Gasteiger partial charge in [0.05, 0.1) is 12.3 Å². The van der Waals surface area contributed by atoms with Crippen LogP contribution in [0, 0.1) is 0 Å². The first kappa shape index (κ1) is 22.6. The molecule has 2 aromatic carbocycles. The summed E-state index contributed by atoms with van der Waals surface area (Å²) in [5, 5.41) is 22.6. The summed E-state index contributed by atoms with van der Waals surface area (Å²) >= 11 is 1.28. The Morgan fingerprint density at radius 3 is 2.23 bits per heavy atom. The number of hydrogen-bond donors (Lipinski definition) is 4. The lowest BCUT2D eigenvalue weighted by Gasteiger charge is -2.14. The number of benzene rings is 2. The number of thioether (sulfide) groups is 1. The molecular weight excluding hydrogens is 420 g/mol. The van der Waals surface area contributed by atoms with E-state index in [2.05, 4.69) is 34.9 Å². The maximum absolute atomic E-state index is 12.1. The smallest absolute Gasteiger partial charge is 0.407 e. The number of aliphatic hydroxyl groups excluding tert-OH is 1. The molecule has 0 saturated carbocycles. The van der Waals surface area contributed by atoms with Crippen molar-refractivity contribution in [2.45, 2.75) is 12.0 Å². The van der Waals surface area contributed by atoms with Crippen LogP contribution in [-0.4, -0.2) is 65.5 Å². The molecule has 4 N–H and O–H groups in total. The monoisotopic (exact) mass is 444 g/mol. The first-order valence-electron chi connectivity index (χ1n) is 9.81.